The number of carboxylic acids is 1. The summed E-state index contributed by atoms with van der Waals surface area (Å²) in [7, 11) is 0. The number of anilines is 1. The summed E-state index contributed by atoms with van der Waals surface area (Å²) in [4.78, 5) is 49.1. The third-order valence-corrected chi connectivity index (χ3v) is 4.94. The second-order valence-corrected chi connectivity index (χ2v) is 7.14. The summed E-state index contributed by atoms with van der Waals surface area (Å²) in [5.41, 5.74) is 0.553. The Bertz CT molecular complexity index is 1080. The van der Waals surface area contributed by atoms with Gasteiger partial charge in [-0.3, -0.25) is 19.3 Å². The average molecular weight is 424 g/mol. The smallest absolute Gasteiger partial charge is 0.337 e. The van der Waals surface area contributed by atoms with E-state index in [4.69, 9.17) is 0 Å². The number of imide groups is 1. The van der Waals surface area contributed by atoms with E-state index in [2.05, 4.69) is 5.32 Å². The van der Waals surface area contributed by atoms with Crippen LogP contribution in [0.5, 0.6) is 5.75 Å². The molecule has 3 N–H and O–H groups in total. The first-order chi connectivity index (χ1) is 14.3. The summed E-state index contributed by atoms with van der Waals surface area (Å²) < 4.78 is 0. The van der Waals surface area contributed by atoms with E-state index in [1.807, 2.05) is 30.3 Å². The molecule has 1 heterocycles. The number of thioether (sulfide) groups is 1. The highest BCUT2D eigenvalue weighted by Gasteiger charge is 2.36. The predicted octanol–water partition coefficient (Wildman–Crippen LogP) is 3.32. The molecule has 0 aromatic heterocycles. The van der Waals surface area contributed by atoms with Crippen LogP contribution in [0.2, 0.25) is 0 Å². The Morgan fingerprint density at radius 2 is 1.83 bits per heavy atom. The van der Waals surface area contributed by atoms with Crippen LogP contribution in [-0.4, -0.2) is 44.7 Å². The number of rotatable bonds is 6. The summed E-state index contributed by atoms with van der Waals surface area (Å²) in [6.07, 6.45) is 4.92. The van der Waals surface area contributed by atoms with Crippen LogP contribution in [0.4, 0.5) is 10.5 Å². The van der Waals surface area contributed by atoms with E-state index < -0.39 is 29.6 Å². The molecule has 0 unspecified atom stereocenters. The average Bonchev–Trinajstić information content (AvgIpc) is 2.97. The number of nitrogens with one attached hydrogen (secondary N) is 1. The standard InChI is InChI=1S/C21H16N2O6S/c24-14-9-10-16(15(11-14)20(27)28)22-18(25)12-23-19(26)17(30-21(23)29)8-4-7-13-5-2-1-3-6-13/h1-11,24H,12H2,(H,22,25)(H,27,28). The molecule has 152 valence electrons. The molecule has 1 aliphatic heterocycles. The van der Waals surface area contributed by atoms with E-state index in [1.165, 1.54) is 18.2 Å². The van der Waals surface area contributed by atoms with Crippen molar-refractivity contribution in [2.24, 2.45) is 0 Å². The van der Waals surface area contributed by atoms with Gasteiger partial charge in [0.25, 0.3) is 11.1 Å². The fourth-order valence-corrected chi connectivity index (χ4v) is 3.40. The molecule has 1 aliphatic rings. The van der Waals surface area contributed by atoms with Gasteiger partial charge in [0, 0.05) is 0 Å². The number of aromatic hydroxyl groups is 1. The number of allylic oxidation sites excluding steroid dienone is 2. The number of amides is 3. The molecule has 8 nitrogen and oxygen atoms in total. The molecule has 3 rings (SSSR count). The van der Waals surface area contributed by atoms with Crippen molar-refractivity contribution in [1.82, 2.24) is 4.90 Å². The van der Waals surface area contributed by atoms with Crippen molar-refractivity contribution in [2.45, 2.75) is 0 Å². The number of aromatic carboxylic acids is 1. The molecule has 0 radical (unpaired) electrons. The molecule has 0 saturated carbocycles. The molecule has 0 aliphatic carbocycles. The monoisotopic (exact) mass is 424 g/mol. The summed E-state index contributed by atoms with van der Waals surface area (Å²) in [6.45, 7) is -0.565. The van der Waals surface area contributed by atoms with Gasteiger partial charge < -0.3 is 15.5 Å². The lowest BCUT2D eigenvalue weighted by Gasteiger charge is -2.13. The third kappa shape index (κ3) is 4.95. The van der Waals surface area contributed by atoms with Gasteiger partial charge in [0.2, 0.25) is 5.91 Å². The van der Waals surface area contributed by atoms with Crippen LogP contribution >= 0.6 is 11.8 Å². The minimum absolute atomic E-state index is 0.0568. The van der Waals surface area contributed by atoms with Crippen LogP contribution < -0.4 is 5.32 Å². The number of phenols is 1. The van der Waals surface area contributed by atoms with E-state index in [9.17, 15) is 29.4 Å². The zero-order valence-corrected chi connectivity index (χ0v) is 16.3. The first-order valence-corrected chi connectivity index (χ1v) is 9.50. The largest absolute Gasteiger partial charge is 0.508 e. The molecule has 9 heteroatoms. The first-order valence-electron chi connectivity index (χ1n) is 8.68. The van der Waals surface area contributed by atoms with Crippen molar-refractivity contribution in [3.8, 4) is 5.75 Å². The Morgan fingerprint density at radius 1 is 1.10 bits per heavy atom. The second-order valence-electron chi connectivity index (χ2n) is 6.14. The maximum Gasteiger partial charge on any atom is 0.337 e. The SMILES string of the molecule is O=C(CN1C(=O)SC(=CC=Cc2ccccc2)C1=O)Nc1ccc(O)cc1C(=O)O. The summed E-state index contributed by atoms with van der Waals surface area (Å²) in [5, 5.41) is 20.3. The van der Waals surface area contributed by atoms with Crippen molar-refractivity contribution < 1.29 is 29.4 Å². The molecule has 0 atom stereocenters. The Balaban J connectivity index is 1.67. The lowest BCUT2D eigenvalue weighted by Crippen LogP contribution is -2.36. The maximum atomic E-state index is 12.4. The number of hydrogen-bond acceptors (Lipinski definition) is 6. The van der Waals surface area contributed by atoms with E-state index in [0.717, 1.165) is 16.5 Å². The third-order valence-electron chi connectivity index (χ3n) is 4.02. The molecular weight excluding hydrogens is 408 g/mol. The lowest BCUT2D eigenvalue weighted by atomic mass is 10.1. The van der Waals surface area contributed by atoms with Gasteiger partial charge in [0.15, 0.2) is 0 Å². The Kier molecular flexibility index (Phi) is 6.33. The highest BCUT2D eigenvalue weighted by molar-refractivity contribution is 8.18. The quantitative estimate of drug-likeness (QED) is 0.480. The number of phenolic OH excluding ortho intramolecular Hbond substituents is 1. The van der Waals surface area contributed by atoms with Crippen LogP contribution in [0, 0.1) is 0 Å². The molecule has 2 aromatic carbocycles. The van der Waals surface area contributed by atoms with E-state index in [-0.39, 0.29) is 21.9 Å². The first kappa shape index (κ1) is 20.9. The molecule has 2 aromatic rings. The van der Waals surface area contributed by atoms with Gasteiger partial charge in [0.05, 0.1) is 16.2 Å². The van der Waals surface area contributed by atoms with Crippen molar-refractivity contribution >= 4 is 46.5 Å². The Morgan fingerprint density at radius 3 is 2.53 bits per heavy atom. The normalized spacial score (nSPS) is 15.2. The molecule has 1 saturated heterocycles. The van der Waals surface area contributed by atoms with Crippen molar-refractivity contribution in [3.63, 3.8) is 0 Å². The second kappa shape index (κ2) is 9.10. The fourth-order valence-electron chi connectivity index (χ4n) is 2.61. The summed E-state index contributed by atoms with van der Waals surface area (Å²) in [6, 6.07) is 12.8. The number of carbonyl (C=O) groups excluding carboxylic acids is 3. The zero-order chi connectivity index (χ0) is 21.7. The summed E-state index contributed by atoms with van der Waals surface area (Å²) >= 11 is 0.715. The number of benzene rings is 2. The number of carbonyl (C=O) groups is 4. The maximum absolute atomic E-state index is 12.4. The molecule has 30 heavy (non-hydrogen) atoms. The van der Waals surface area contributed by atoms with Gasteiger partial charge in [0.1, 0.15) is 12.3 Å². The van der Waals surface area contributed by atoms with Crippen LogP contribution in [0.25, 0.3) is 6.08 Å². The van der Waals surface area contributed by atoms with Crippen molar-refractivity contribution in [2.75, 3.05) is 11.9 Å². The van der Waals surface area contributed by atoms with Gasteiger partial charge in [-0.15, -0.1) is 0 Å². The van der Waals surface area contributed by atoms with E-state index >= 15 is 0 Å². The van der Waals surface area contributed by atoms with Crippen molar-refractivity contribution in [3.05, 3.63) is 76.7 Å². The molecule has 0 bridgehead atoms. The Hall–Kier alpha value is -3.85. The predicted molar refractivity (Wildman–Crippen MR) is 112 cm³/mol. The van der Waals surface area contributed by atoms with Gasteiger partial charge in [-0.25, -0.2) is 4.79 Å². The van der Waals surface area contributed by atoms with Gasteiger partial charge in [-0.05, 0) is 41.6 Å². The van der Waals surface area contributed by atoms with E-state index in [1.54, 1.807) is 12.2 Å². The zero-order valence-electron chi connectivity index (χ0n) is 15.4. The molecule has 3 amide bonds. The minimum Gasteiger partial charge on any atom is -0.508 e. The van der Waals surface area contributed by atoms with Crippen LogP contribution in [-0.2, 0) is 9.59 Å². The van der Waals surface area contributed by atoms with Gasteiger partial charge >= 0.3 is 5.97 Å². The number of nitrogens with zero attached hydrogens (tertiary/aromatic N) is 1. The molecular formula is C21H16N2O6S. The summed E-state index contributed by atoms with van der Waals surface area (Å²) in [5.74, 6) is -2.97. The van der Waals surface area contributed by atoms with Crippen molar-refractivity contribution in [1.29, 1.82) is 0 Å². The highest BCUT2D eigenvalue weighted by atomic mass is 32.2. The lowest BCUT2D eigenvalue weighted by molar-refractivity contribution is -0.127. The van der Waals surface area contributed by atoms with Crippen LogP contribution in [0.3, 0.4) is 0 Å². The minimum atomic E-state index is -1.35. The number of carboxylic acid groups (broad SMARTS) is 1. The van der Waals surface area contributed by atoms with Gasteiger partial charge in [-0.1, -0.05) is 42.5 Å². The van der Waals surface area contributed by atoms with Crippen LogP contribution in [0.15, 0.2) is 65.6 Å². The number of hydrogen-bond donors (Lipinski definition) is 3. The fraction of sp³-hybridized carbons (Fsp3) is 0.0476. The van der Waals surface area contributed by atoms with Crippen LogP contribution in [0.1, 0.15) is 15.9 Å². The van der Waals surface area contributed by atoms with Gasteiger partial charge in [-0.2, -0.15) is 0 Å². The highest BCUT2D eigenvalue weighted by Crippen LogP contribution is 2.30. The topological polar surface area (TPSA) is 124 Å². The molecule has 1 fully saturated rings. The van der Waals surface area contributed by atoms with E-state index in [0.29, 0.717) is 11.8 Å². The Labute approximate surface area is 175 Å². The molecule has 0 spiro atoms.